The number of hydrogen-bond donors (Lipinski definition) is 2. The molecule has 0 saturated carbocycles. The lowest BCUT2D eigenvalue weighted by atomic mass is 10.2. The number of halogens is 1. The highest BCUT2D eigenvalue weighted by atomic mass is 35.5. The first kappa shape index (κ1) is 14.5. The van der Waals surface area contributed by atoms with Gasteiger partial charge >= 0.3 is 5.97 Å². The van der Waals surface area contributed by atoms with Gasteiger partial charge in [-0.2, -0.15) is 0 Å². The number of carbonyl (C=O) groups is 2. The van der Waals surface area contributed by atoms with E-state index >= 15 is 0 Å². The van der Waals surface area contributed by atoms with E-state index in [4.69, 9.17) is 21.4 Å². The first-order valence-electron chi connectivity index (χ1n) is 5.35. The second-order valence-corrected chi connectivity index (χ2v) is 4.07. The molecular weight excluding hydrogens is 258 g/mol. The predicted octanol–water partition coefficient (Wildman–Crippen LogP) is 1.45. The molecule has 0 aliphatic rings. The molecule has 0 saturated heterocycles. The molecule has 1 atom stereocenters. The summed E-state index contributed by atoms with van der Waals surface area (Å²) in [6.45, 7) is 1.35. The fourth-order valence-electron chi connectivity index (χ4n) is 1.16. The van der Waals surface area contributed by atoms with Crippen LogP contribution in [0.15, 0.2) is 24.3 Å². The number of carbonyl (C=O) groups excluding carboxylic acids is 1. The van der Waals surface area contributed by atoms with Gasteiger partial charge in [-0.15, -0.1) is 0 Å². The van der Waals surface area contributed by atoms with Crippen LogP contribution >= 0.6 is 11.6 Å². The van der Waals surface area contributed by atoms with Crippen molar-refractivity contribution in [2.45, 2.75) is 19.6 Å². The zero-order valence-electron chi connectivity index (χ0n) is 9.85. The Hall–Kier alpha value is -1.59. The van der Waals surface area contributed by atoms with Gasteiger partial charge in [-0.05, 0) is 18.6 Å². The maximum atomic E-state index is 11.4. The van der Waals surface area contributed by atoms with Crippen molar-refractivity contribution >= 4 is 23.5 Å². The molecule has 2 N–H and O–H groups in total. The van der Waals surface area contributed by atoms with E-state index < -0.39 is 12.1 Å². The van der Waals surface area contributed by atoms with E-state index in [9.17, 15) is 9.59 Å². The minimum atomic E-state index is -1.10. The Labute approximate surface area is 110 Å². The third-order valence-electron chi connectivity index (χ3n) is 2.25. The number of carboxylic acids is 1. The molecule has 1 aromatic rings. The first-order chi connectivity index (χ1) is 8.50. The predicted molar refractivity (Wildman–Crippen MR) is 66.3 cm³/mol. The second-order valence-electron chi connectivity index (χ2n) is 3.66. The van der Waals surface area contributed by atoms with E-state index in [0.717, 1.165) is 5.56 Å². The van der Waals surface area contributed by atoms with Crippen molar-refractivity contribution < 1.29 is 19.4 Å². The number of benzene rings is 1. The minimum Gasteiger partial charge on any atom is -0.479 e. The van der Waals surface area contributed by atoms with Crippen LogP contribution < -0.4 is 5.32 Å². The Morgan fingerprint density at radius 2 is 2.11 bits per heavy atom. The Morgan fingerprint density at radius 1 is 1.44 bits per heavy atom. The van der Waals surface area contributed by atoms with Gasteiger partial charge in [0.2, 0.25) is 5.91 Å². The van der Waals surface area contributed by atoms with Gasteiger partial charge in [0.05, 0.1) is 0 Å². The maximum absolute atomic E-state index is 11.4. The van der Waals surface area contributed by atoms with Crippen LogP contribution in [0.5, 0.6) is 0 Å². The van der Waals surface area contributed by atoms with Gasteiger partial charge in [-0.1, -0.05) is 29.8 Å². The summed E-state index contributed by atoms with van der Waals surface area (Å²) >= 11 is 5.92. The van der Waals surface area contributed by atoms with E-state index in [-0.39, 0.29) is 19.1 Å². The van der Waals surface area contributed by atoms with E-state index in [0.29, 0.717) is 5.02 Å². The van der Waals surface area contributed by atoms with Gasteiger partial charge in [0.25, 0.3) is 0 Å². The molecule has 0 spiro atoms. The van der Waals surface area contributed by atoms with E-state index in [2.05, 4.69) is 5.32 Å². The van der Waals surface area contributed by atoms with Crippen LogP contribution in [-0.2, 0) is 20.9 Å². The quantitative estimate of drug-likeness (QED) is 0.821. The van der Waals surface area contributed by atoms with E-state index in [1.54, 1.807) is 18.2 Å². The van der Waals surface area contributed by atoms with Crippen LogP contribution in [0.25, 0.3) is 0 Å². The number of nitrogens with one attached hydrogen (secondary N) is 1. The lowest BCUT2D eigenvalue weighted by Gasteiger charge is -2.09. The summed E-state index contributed by atoms with van der Waals surface area (Å²) in [6.07, 6.45) is -1.00. The Kier molecular flexibility index (Phi) is 5.61. The highest BCUT2D eigenvalue weighted by molar-refractivity contribution is 6.31. The van der Waals surface area contributed by atoms with Gasteiger partial charge in [0.15, 0.2) is 6.10 Å². The standard InChI is InChI=1S/C12H14ClNO4/c1-8(12(16)17)18-7-11(15)14-6-9-4-2-3-5-10(9)13/h2-5,8H,6-7H2,1H3,(H,14,15)(H,16,17)/t8-/m1/s1. The molecule has 1 aromatic carbocycles. The molecule has 0 unspecified atom stereocenters. The van der Waals surface area contributed by atoms with Crippen LogP contribution in [0.2, 0.25) is 5.02 Å². The van der Waals surface area contributed by atoms with Gasteiger partial charge in [-0.3, -0.25) is 4.79 Å². The molecule has 0 aliphatic heterocycles. The Bertz CT molecular complexity index is 436. The molecule has 0 aliphatic carbocycles. The number of hydrogen-bond acceptors (Lipinski definition) is 3. The molecule has 18 heavy (non-hydrogen) atoms. The average Bonchev–Trinajstić information content (AvgIpc) is 2.34. The summed E-state index contributed by atoms with van der Waals surface area (Å²) in [5.41, 5.74) is 0.791. The van der Waals surface area contributed by atoms with Crippen molar-refractivity contribution in [2.75, 3.05) is 6.61 Å². The average molecular weight is 272 g/mol. The SMILES string of the molecule is C[C@@H](OCC(=O)NCc1ccccc1Cl)C(=O)O. The highest BCUT2D eigenvalue weighted by Gasteiger charge is 2.13. The number of ether oxygens (including phenoxy) is 1. The van der Waals surface area contributed by atoms with Crippen molar-refractivity contribution in [1.82, 2.24) is 5.32 Å². The van der Waals surface area contributed by atoms with Gasteiger partial charge in [0, 0.05) is 11.6 Å². The van der Waals surface area contributed by atoms with Crippen molar-refractivity contribution in [2.24, 2.45) is 0 Å². The van der Waals surface area contributed by atoms with Crippen LogP contribution in [-0.4, -0.2) is 29.7 Å². The molecule has 0 heterocycles. The molecule has 0 radical (unpaired) electrons. The van der Waals surface area contributed by atoms with E-state index in [1.165, 1.54) is 6.92 Å². The normalized spacial score (nSPS) is 11.9. The molecule has 0 fully saturated rings. The van der Waals surface area contributed by atoms with Crippen LogP contribution in [0.3, 0.4) is 0 Å². The highest BCUT2D eigenvalue weighted by Crippen LogP contribution is 2.14. The van der Waals surface area contributed by atoms with E-state index in [1.807, 2.05) is 6.07 Å². The van der Waals surface area contributed by atoms with Crippen molar-refractivity contribution in [3.8, 4) is 0 Å². The smallest absolute Gasteiger partial charge is 0.332 e. The van der Waals surface area contributed by atoms with Crippen LogP contribution in [0.1, 0.15) is 12.5 Å². The molecule has 1 rings (SSSR count). The Morgan fingerprint density at radius 3 is 2.72 bits per heavy atom. The summed E-state index contributed by atoms with van der Waals surface area (Å²) in [7, 11) is 0. The van der Waals surface area contributed by atoms with Gasteiger partial charge in [0.1, 0.15) is 6.61 Å². The maximum Gasteiger partial charge on any atom is 0.332 e. The number of aliphatic carboxylic acids is 1. The molecule has 0 bridgehead atoms. The zero-order valence-corrected chi connectivity index (χ0v) is 10.6. The van der Waals surface area contributed by atoms with Gasteiger partial charge < -0.3 is 15.2 Å². The lowest BCUT2D eigenvalue weighted by Crippen LogP contribution is -2.31. The van der Waals surface area contributed by atoms with Crippen molar-refractivity contribution in [3.63, 3.8) is 0 Å². The topological polar surface area (TPSA) is 75.6 Å². The summed E-state index contributed by atoms with van der Waals surface area (Å²) < 4.78 is 4.84. The summed E-state index contributed by atoms with van der Waals surface area (Å²) in [4.78, 5) is 21.8. The van der Waals surface area contributed by atoms with Crippen LogP contribution in [0, 0.1) is 0 Å². The summed E-state index contributed by atoms with van der Waals surface area (Å²) in [6, 6.07) is 7.14. The molecule has 0 aromatic heterocycles. The fraction of sp³-hybridized carbons (Fsp3) is 0.333. The third-order valence-corrected chi connectivity index (χ3v) is 2.61. The fourth-order valence-corrected chi connectivity index (χ4v) is 1.36. The molecular formula is C12H14ClNO4. The molecule has 6 heteroatoms. The summed E-state index contributed by atoms with van der Waals surface area (Å²) in [5, 5.41) is 11.7. The third kappa shape index (κ3) is 4.73. The molecule has 5 nitrogen and oxygen atoms in total. The number of rotatable bonds is 6. The number of amides is 1. The monoisotopic (exact) mass is 271 g/mol. The minimum absolute atomic E-state index is 0.281. The zero-order chi connectivity index (χ0) is 13.5. The largest absolute Gasteiger partial charge is 0.479 e. The van der Waals surface area contributed by atoms with Crippen molar-refractivity contribution in [3.05, 3.63) is 34.9 Å². The Balaban J connectivity index is 2.34. The lowest BCUT2D eigenvalue weighted by molar-refractivity contribution is -0.150. The molecule has 1 amide bonds. The van der Waals surface area contributed by atoms with Crippen molar-refractivity contribution in [1.29, 1.82) is 0 Å². The number of carboxylic acid groups (broad SMARTS) is 1. The molecule has 98 valence electrons. The second kappa shape index (κ2) is 6.98. The summed E-state index contributed by atoms with van der Waals surface area (Å²) in [5.74, 6) is -1.49. The van der Waals surface area contributed by atoms with Gasteiger partial charge in [-0.25, -0.2) is 4.79 Å². The van der Waals surface area contributed by atoms with Crippen LogP contribution in [0.4, 0.5) is 0 Å². The first-order valence-corrected chi connectivity index (χ1v) is 5.73.